The molecular formula is C9H11FN2O5. The summed E-state index contributed by atoms with van der Waals surface area (Å²) in [5.74, 6) is -1.17. The van der Waals surface area contributed by atoms with Gasteiger partial charge >= 0.3 is 5.69 Å². The molecule has 3 N–H and O–H groups in total. The minimum Gasteiger partial charge on any atom is -0.388 e. The highest BCUT2D eigenvalue weighted by atomic mass is 19.1. The summed E-state index contributed by atoms with van der Waals surface area (Å²) in [6.45, 7) is 1.50. The van der Waals surface area contributed by atoms with Gasteiger partial charge < -0.3 is 14.9 Å². The number of aliphatic hydroxyl groups excluding tert-OH is 2. The van der Waals surface area contributed by atoms with Crippen LogP contribution in [0.5, 0.6) is 0 Å². The Morgan fingerprint density at radius 3 is 2.59 bits per heavy atom. The molecular weight excluding hydrogens is 235 g/mol. The van der Waals surface area contributed by atoms with Crippen molar-refractivity contribution in [1.82, 2.24) is 9.55 Å². The molecule has 94 valence electrons. The molecule has 1 saturated heterocycles. The van der Waals surface area contributed by atoms with Gasteiger partial charge in [-0.1, -0.05) is 0 Å². The highest BCUT2D eigenvalue weighted by Gasteiger charge is 2.41. The lowest BCUT2D eigenvalue weighted by molar-refractivity contribution is -0.0356. The minimum absolute atomic E-state index is 0.639. The van der Waals surface area contributed by atoms with Crippen LogP contribution in [-0.4, -0.2) is 38.1 Å². The van der Waals surface area contributed by atoms with E-state index in [0.717, 1.165) is 0 Å². The van der Waals surface area contributed by atoms with E-state index in [-0.39, 0.29) is 0 Å². The molecule has 7 nitrogen and oxygen atoms in total. The minimum atomic E-state index is -1.37. The molecule has 1 aliphatic rings. The summed E-state index contributed by atoms with van der Waals surface area (Å²) in [4.78, 5) is 24.0. The van der Waals surface area contributed by atoms with Crippen LogP contribution >= 0.6 is 0 Å². The van der Waals surface area contributed by atoms with Gasteiger partial charge in [-0.05, 0) is 6.92 Å². The van der Waals surface area contributed by atoms with Crippen LogP contribution < -0.4 is 11.2 Å². The second-order valence-corrected chi connectivity index (χ2v) is 3.86. The Kier molecular flexibility index (Phi) is 2.86. The van der Waals surface area contributed by atoms with Crippen LogP contribution in [0.3, 0.4) is 0 Å². The van der Waals surface area contributed by atoms with E-state index in [1.54, 1.807) is 4.98 Å². The van der Waals surface area contributed by atoms with E-state index in [0.29, 0.717) is 10.8 Å². The van der Waals surface area contributed by atoms with Crippen LogP contribution in [0.2, 0.25) is 0 Å². The van der Waals surface area contributed by atoms with E-state index in [1.807, 2.05) is 0 Å². The lowest BCUT2D eigenvalue weighted by Crippen LogP contribution is -2.38. The summed E-state index contributed by atoms with van der Waals surface area (Å²) in [6, 6.07) is 0. The molecule has 2 heterocycles. The lowest BCUT2D eigenvalue weighted by atomic mass is 10.1. The molecule has 0 saturated carbocycles. The monoisotopic (exact) mass is 246 g/mol. The number of nitrogens with one attached hydrogen (secondary N) is 1. The molecule has 4 atom stereocenters. The number of nitrogens with zero attached hydrogens (tertiary/aromatic N) is 1. The molecule has 1 aliphatic heterocycles. The van der Waals surface area contributed by atoms with Crippen molar-refractivity contribution in [2.45, 2.75) is 31.5 Å². The quantitative estimate of drug-likeness (QED) is 0.548. The van der Waals surface area contributed by atoms with Gasteiger partial charge in [0.2, 0.25) is 5.82 Å². The summed E-state index contributed by atoms with van der Waals surface area (Å²) < 4.78 is 18.9. The largest absolute Gasteiger partial charge is 0.388 e. The zero-order chi connectivity index (χ0) is 12.7. The Labute approximate surface area is 94.1 Å². The summed E-state index contributed by atoms with van der Waals surface area (Å²) in [5, 5.41) is 19.1. The Morgan fingerprint density at radius 1 is 1.41 bits per heavy atom. The number of halogens is 1. The standard InChI is InChI=1S/C9H11FN2O5/c1-3-5(13)6(14)8(17-3)12-2-4(10)7(15)11-9(12)16/h2-3,5-6,8,13-14H,1H3,(H,11,15,16)/t3-,5+,6+,8?/m1/s1. The lowest BCUT2D eigenvalue weighted by Gasteiger charge is -2.16. The van der Waals surface area contributed by atoms with Gasteiger partial charge in [-0.25, -0.2) is 4.79 Å². The third-order valence-electron chi connectivity index (χ3n) is 2.68. The van der Waals surface area contributed by atoms with Crippen LogP contribution in [0.1, 0.15) is 13.2 Å². The molecule has 1 unspecified atom stereocenters. The van der Waals surface area contributed by atoms with Crippen LogP contribution in [-0.2, 0) is 4.74 Å². The molecule has 8 heteroatoms. The first kappa shape index (κ1) is 12.0. The second kappa shape index (κ2) is 4.06. The normalized spacial score (nSPS) is 32.9. The van der Waals surface area contributed by atoms with Crippen molar-refractivity contribution in [2.75, 3.05) is 0 Å². The van der Waals surface area contributed by atoms with Gasteiger partial charge in [0, 0.05) is 0 Å². The predicted molar refractivity (Wildman–Crippen MR) is 52.9 cm³/mol. The van der Waals surface area contributed by atoms with Crippen LogP contribution in [0.25, 0.3) is 0 Å². The molecule has 0 amide bonds. The summed E-state index contributed by atoms with van der Waals surface area (Å²) in [7, 11) is 0. The fourth-order valence-corrected chi connectivity index (χ4v) is 1.71. The van der Waals surface area contributed by atoms with Crippen LogP contribution in [0, 0.1) is 5.82 Å². The Morgan fingerprint density at radius 2 is 2.06 bits per heavy atom. The first-order chi connectivity index (χ1) is 7.91. The van der Waals surface area contributed by atoms with Crippen molar-refractivity contribution < 1.29 is 19.3 Å². The molecule has 17 heavy (non-hydrogen) atoms. The average molecular weight is 246 g/mol. The van der Waals surface area contributed by atoms with Crippen molar-refractivity contribution in [3.8, 4) is 0 Å². The second-order valence-electron chi connectivity index (χ2n) is 3.86. The van der Waals surface area contributed by atoms with Gasteiger partial charge in [-0.15, -0.1) is 0 Å². The molecule has 0 aromatic carbocycles. The van der Waals surface area contributed by atoms with Gasteiger partial charge in [0.15, 0.2) is 6.23 Å². The van der Waals surface area contributed by atoms with Gasteiger partial charge in [-0.3, -0.25) is 14.3 Å². The number of rotatable bonds is 1. The smallest absolute Gasteiger partial charge is 0.330 e. The maximum atomic E-state index is 13.0. The Balaban J connectivity index is 2.46. The number of hydrogen-bond donors (Lipinski definition) is 3. The van der Waals surface area contributed by atoms with E-state index < -0.39 is 41.6 Å². The maximum Gasteiger partial charge on any atom is 0.330 e. The summed E-state index contributed by atoms with van der Waals surface area (Å²) >= 11 is 0. The number of aromatic amines is 1. The Hall–Kier alpha value is -1.51. The molecule has 2 rings (SSSR count). The first-order valence-electron chi connectivity index (χ1n) is 4.94. The fraction of sp³-hybridized carbons (Fsp3) is 0.556. The van der Waals surface area contributed by atoms with E-state index in [1.165, 1.54) is 6.92 Å². The van der Waals surface area contributed by atoms with Crippen molar-refractivity contribution in [3.63, 3.8) is 0 Å². The van der Waals surface area contributed by atoms with Gasteiger partial charge in [0.25, 0.3) is 5.56 Å². The fourth-order valence-electron chi connectivity index (χ4n) is 1.71. The predicted octanol–water partition coefficient (Wildman–Crippen LogP) is -1.69. The SMILES string of the molecule is C[C@H]1OC(n2cc(F)c(=O)[nH]c2=O)[C@@H](O)[C@H]1O. The van der Waals surface area contributed by atoms with Crippen LogP contribution in [0.4, 0.5) is 4.39 Å². The van der Waals surface area contributed by atoms with Crippen molar-refractivity contribution in [3.05, 3.63) is 32.9 Å². The van der Waals surface area contributed by atoms with E-state index in [9.17, 15) is 24.2 Å². The number of H-pyrrole nitrogens is 1. The number of hydrogen-bond acceptors (Lipinski definition) is 5. The number of ether oxygens (including phenoxy) is 1. The summed E-state index contributed by atoms with van der Waals surface area (Å²) in [5.41, 5.74) is -2.06. The molecule has 0 bridgehead atoms. The van der Waals surface area contributed by atoms with E-state index in [4.69, 9.17) is 4.74 Å². The maximum absolute atomic E-state index is 13.0. The van der Waals surface area contributed by atoms with Crippen LogP contribution in [0.15, 0.2) is 15.8 Å². The zero-order valence-electron chi connectivity index (χ0n) is 8.83. The van der Waals surface area contributed by atoms with Gasteiger partial charge in [0.05, 0.1) is 12.3 Å². The highest BCUT2D eigenvalue weighted by molar-refractivity contribution is 4.93. The third-order valence-corrected chi connectivity index (χ3v) is 2.68. The first-order valence-corrected chi connectivity index (χ1v) is 4.94. The molecule has 1 aromatic heterocycles. The molecule has 0 aliphatic carbocycles. The third kappa shape index (κ3) is 1.90. The van der Waals surface area contributed by atoms with Crippen molar-refractivity contribution in [2.24, 2.45) is 0 Å². The highest BCUT2D eigenvalue weighted by Crippen LogP contribution is 2.27. The number of aliphatic hydroxyl groups is 2. The zero-order valence-corrected chi connectivity index (χ0v) is 8.83. The Bertz CT molecular complexity index is 539. The van der Waals surface area contributed by atoms with Gasteiger partial charge in [0.1, 0.15) is 12.2 Å². The van der Waals surface area contributed by atoms with E-state index >= 15 is 0 Å². The number of aromatic nitrogens is 2. The molecule has 1 aromatic rings. The van der Waals surface area contributed by atoms with Gasteiger partial charge in [-0.2, -0.15) is 4.39 Å². The summed E-state index contributed by atoms with van der Waals surface area (Å²) in [6.07, 6.45) is -3.83. The van der Waals surface area contributed by atoms with Crippen molar-refractivity contribution >= 4 is 0 Å². The topological polar surface area (TPSA) is 105 Å². The van der Waals surface area contributed by atoms with E-state index in [2.05, 4.69) is 0 Å². The molecule has 0 spiro atoms. The molecule has 0 radical (unpaired) electrons. The average Bonchev–Trinajstić information content (AvgIpc) is 2.51. The van der Waals surface area contributed by atoms with Crippen molar-refractivity contribution in [1.29, 1.82) is 0 Å². The molecule has 1 fully saturated rings.